The third kappa shape index (κ3) is 4.09. The molecular formula is C17H16ClN5O3. The van der Waals surface area contributed by atoms with Gasteiger partial charge >= 0.3 is 0 Å². The maximum atomic E-state index is 12.3. The average molecular weight is 374 g/mol. The van der Waals surface area contributed by atoms with Crippen LogP contribution in [0.25, 0.3) is 11.0 Å². The minimum absolute atomic E-state index is 0.163. The van der Waals surface area contributed by atoms with Gasteiger partial charge in [-0.3, -0.25) is 9.59 Å². The van der Waals surface area contributed by atoms with E-state index in [1.807, 2.05) is 0 Å². The van der Waals surface area contributed by atoms with E-state index in [2.05, 4.69) is 20.9 Å². The summed E-state index contributed by atoms with van der Waals surface area (Å²) in [5, 5.41) is 13.7. The fourth-order valence-electron chi connectivity index (χ4n) is 2.23. The van der Waals surface area contributed by atoms with Gasteiger partial charge in [0, 0.05) is 23.3 Å². The standard InChI is InChI=1S/C17H16ClN5O3/c1-10(26-23-16-9-12(18)3-8-15(16)21-22-23)17(25)20-14-6-4-13(5-7-14)19-11(2)24/h3-10H,1-2H3,(H,19,24)(H,20,25). The number of carbonyl (C=O) groups is 2. The van der Waals surface area contributed by atoms with Crippen molar-refractivity contribution >= 4 is 45.8 Å². The van der Waals surface area contributed by atoms with Crippen molar-refractivity contribution in [3.8, 4) is 0 Å². The molecule has 2 amide bonds. The first kappa shape index (κ1) is 17.7. The molecule has 8 nitrogen and oxygen atoms in total. The Hall–Kier alpha value is -3.13. The van der Waals surface area contributed by atoms with Crippen LogP contribution in [-0.4, -0.2) is 33.1 Å². The minimum atomic E-state index is -0.825. The van der Waals surface area contributed by atoms with Crippen LogP contribution in [0.15, 0.2) is 42.5 Å². The van der Waals surface area contributed by atoms with Crippen molar-refractivity contribution in [2.75, 3.05) is 10.6 Å². The van der Waals surface area contributed by atoms with Crippen LogP contribution in [0.4, 0.5) is 11.4 Å². The quantitative estimate of drug-likeness (QED) is 0.716. The number of amides is 2. The van der Waals surface area contributed by atoms with Crippen LogP contribution in [0.2, 0.25) is 5.02 Å². The zero-order chi connectivity index (χ0) is 18.7. The number of hydrogen-bond acceptors (Lipinski definition) is 5. The minimum Gasteiger partial charge on any atom is -0.382 e. The fraction of sp³-hybridized carbons (Fsp3) is 0.176. The van der Waals surface area contributed by atoms with Crippen molar-refractivity contribution < 1.29 is 14.4 Å². The molecule has 134 valence electrons. The maximum absolute atomic E-state index is 12.3. The highest BCUT2D eigenvalue weighted by Gasteiger charge is 2.17. The SMILES string of the molecule is CC(=O)Nc1ccc(NC(=O)C(C)On2nnc3ccc(Cl)cc32)cc1. The Balaban J connectivity index is 1.65. The molecule has 0 saturated heterocycles. The van der Waals surface area contributed by atoms with Crippen molar-refractivity contribution in [2.24, 2.45) is 0 Å². The molecule has 3 rings (SSSR count). The Kier molecular flexibility index (Phi) is 5.04. The summed E-state index contributed by atoms with van der Waals surface area (Å²) in [6.07, 6.45) is -0.825. The number of anilines is 2. The van der Waals surface area contributed by atoms with Crippen LogP contribution in [0.3, 0.4) is 0 Å². The average Bonchev–Trinajstić information content (AvgIpc) is 2.98. The highest BCUT2D eigenvalue weighted by molar-refractivity contribution is 6.31. The molecule has 9 heteroatoms. The highest BCUT2D eigenvalue weighted by Crippen LogP contribution is 2.17. The van der Waals surface area contributed by atoms with Gasteiger partial charge in [0.05, 0.1) is 0 Å². The van der Waals surface area contributed by atoms with Crippen molar-refractivity contribution in [3.63, 3.8) is 0 Å². The van der Waals surface area contributed by atoms with E-state index in [4.69, 9.17) is 16.4 Å². The lowest BCUT2D eigenvalue weighted by Gasteiger charge is -2.14. The van der Waals surface area contributed by atoms with Gasteiger partial charge in [-0.15, -0.1) is 5.10 Å². The van der Waals surface area contributed by atoms with Crippen molar-refractivity contribution in [2.45, 2.75) is 20.0 Å². The molecular weight excluding hydrogens is 358 g/mol. The summed E-state index contributed by atoms with van der Waals surface area (Å²) in [6, 6.07) is 11.8. The first-order valence-electron chi connectivity index (χ1n) is 7.79. The molecule has 1 aromatic heterocycles. The molecule has 0 aliphatic heterocycles. The zero-order valence-electron chi connectivity index (χ0n) is 14.1. The van der Waals surface area contributed by atoms with Gasteiger partial charge in [0.25, 0.3) is 5.91 Å². The van der Waals surface area contributed by atoms with Crippen LogP contribution in [0.5, 0.6) is 0 Å². The third-order valence-corrected chi connectivity index (χ3v) is 3.71. The molecule has 0 aliphatic carbocycles. The Morgan fingerprint density at radius 2 is 1.77 bits per heavy atom. The summed E-state index contributed by atoms with van der Waals surface area (Å²) in [5.74, 6) is -0.521. The van der Waals surface area contributed by atoms with E-state index in [1.54, 1.807) is 49.4 Å². The number of halogens is 1. The molecule has 1 heterocycles. The third-order valence-electron chi connectivity index (χ3n) is 3.48. The van der Waals surface area contributed by atoms with Gasteiger partial charge in [-0.2, -0.15) is 0 Å². The smallest absolute Gasteiger partial charge is 0.267 e. The summed E-state index contributed by atoms with van der Waals surface area (Å²) in [7, 11) is 0. The number of benzene rings is 2. The maximum Gasteiger partial charge on any atom is 0.267 e. The molecule has 0 saturated carbocycles. The number of rotatable bonds is 5. The molecule has 26 heavy (non-hydrogen) atoms. The highest BCUT2D eigenvalue weighted by atomic mass is 35.5. The molecule has 1 unspecified atom stereocenters. The largest absolute Gasteiger partial charge is 0.382 e. The molecule has 0 radical (unpaired) electrons. The number of fused-ring (bicyclic) bond motifs is 1. The predicted octanol–water partition coefficient (Wildman–Crippen LogP) is 2.50. The second kappa shape index (κ2) is 7.40. The first-order chi connectivity index (χ1) is 12.4. The van der Waals surface area contributed by atoms with Crippen LogP contribution >= 0.6 is 11.6 Å². The number of nitrogens with one attached hydrogen (secondary N) is 2. The Bertz CT molecular complexity index is 955. The first-order valence-corrected chi connectivity index (χ1v) is 8.17. The van der Waals surface area contributed by atoms with Crippen molar-refractivity contribution in [1.29, 1.82) is 0 Å². The van der Waals surface area contributed by atoms with Crippen LogP contribution in [-0.2, 0) is 9.59 Å². The van der Waals surface area contributed by atoms with Gasteiger partial charge in [-0.1, -0.05) is 16.4 Å². The van der Waals surface area contributed by atoms with Gasteiger partial charge in [0.15, 0.2) is 0 Å². The molecule has 2 N–H and O–H groups in total. The number of nitrogens with zero attached hydrogens (tertiary/aromatic N) is 3. The lowest BCUT2D eigenvalue weighted by Crippen LogP contribution is -2.35. The Morgan fingerprint density at radius 1 is 1.12 bits per heavy atom. The number of hydrogen-bond donors (Lipinski definition) is 2. The molecule has 1 atom stereocenters. The topological polar surface area (TPSA) is 98.1 Å². The van der Waals surface area contributed by atoms with Crippen molar-refractivity contribution in [3.05, 3.63) is 47.5 Å². The molecule has 0 bridgehead atoms. The predicted molar refractivity (Wildman–Crippen MR) is 98.0 cm³/mol. The van der Waals surface area contributed by atoms with E-state index in [9.17, 15) is 9.59 Å². The van der Waals surface area contributed by atoms with Crippen molar-refractivity contribution in [1.82, 2.24) is 15.2 Å². The summed E-state index contributed by atoms with van der Waals surface area (Å²) in [5.41, 5.74) is 2.39. The van der Waals surface area contributed by atoms with Gasteiger partial charge < -0.3 is 15.5 Å². The van der Waals surface area contributed by atoms with Crippen LogP contribution in [0, 0.1) is 0 Å². The lowest BCUT2D eigenvalue weighted by molar-refractivity contribution is -0.127. The second-order valence-corrected chi connectivity index (χ2v) is 6.03. The molecule has 0 fully saturated rings. The zero-order valence-corrected chi connectivity index (χ0v) is 14.8. The summed E-state index contributed by atoms with van der Waals surface area (Å²) in [6.45, 7) is 3.02. The monoisotopic (exact) mass is 373 g/mol. The summed E-state index contributed by atoms with van der Waals surface area (Å²) in [4.78, 5) is 30.0. The fourth-order valence-corrected chi connectivity index (χ4v) is 2.40. The molecule has 0 spiro atoms. The number of carbonyl (C=O) groups excluding carboxylic acids is 2. The molecule has 2 aromatic carbocycles. The molecule has 0 aliphatic rings. The summed E-state index contributed by atoms with van der Waals surface area (Å²) >= 11 is 5.97. The van der Waals surface area contributed by atoms with E-state index in [-0.39, 0.29) is 11.8 Å². The second-order valence-electron chi connectivity index (χ2n) is 5.59. The van der Waals surface area contributed by atoms with Gasteiger partial charge in [-0.05, 0) is 54.6 Å². The van der Waals surface area contributed by atoms with Gasteiger partial charge in [-0.25, -0.2) is 0 Å². The van der Waals surface area contributed by atoms with Gasteiger partial charge in [0.2, 0.25) is 12.0 Å². The van der Waals surface area contributed by atoms with E-state index in [0.29, 0.717) is 27.4 Å². The summed E-state index contributed by atoms with van der Waals surface area (Å²) < 4.78 is 0. The van der Waals surface area contributed by atoms with E-state index >= 15 is 0 Å². The normalized spacial score (nSPS) is 11.8. The van der Waals surface area contributed by atoms with Crippen LogP contribution < -0.4 is 15.5 Å². The van der Waals surface area contributed by atoms with E-state index < -0.39 is 6.10 Å². The van der Waals surface area contributed by atoms with Gasteiger partial charge in [0.1, 0.15) is 11.0 Å². The Labute approximate surface area is 154 Å². The van der Waals surface area contributed by atoms with E-state index in [1.165, 1.54) is 11.8 Å². The lowest BCUT2D eigenvalue weighted by atomic mass is 10.2. The van der Waals surface area contributed by atoms with E-state index in [0.717, 1.165) is 0 Å². The molecule has 3 aromatic rings. The van der Waals surface area contributed by atoms with Crippen LogP contribution in [0.1, 0.15) is 13.8 Å². The number of aromatic nitrogens is 3. The Morgan fingerprint density at radius 3 is 2.42 bits per heavy atom.